The molecule has 0 bridgehead atoms. The lowest BCUT2D eigenvalue weighted by atomic mass is 10.1. The first-order valence-corrected chi connectivity index (χ1v) is 10.3. The molecule has 1 aliphatic heterocycles. The third-order valence-electron chi connectivity index (χ3n) is 2.61. The minimum Gasteiger partial charge on any atom is -0.391 e. The van der Waals surface area contributed by atoms with Gasteiger partial charge in [0.1, 0.15) is 12.2 Å². The predicted octanol–water partition coefficient (Wildman–Crippen LogP) is -2.87. The maximum Gasteiger partial charge on any atom is 0.470 e. The average Bonchev–Trinajstić information content (AvgIpc) is 2.58. The first kappa shape index (κ1) is 22.3. The van der Waals surface area contributed by atoms with Crippen LogP contribution in [0.4, 0.5) is 0 Å². The van der Waals surface area contributed by atoms with E-state index in [1.54, 1.807) is 0 Å². The van der Waals surface area contributed by atoms with Crippen LogP contribution < -0.4 is 0 Å². The second kappa shape index (κ2) is 7.45. The Kier molecular flexibility index (Phi) is 6.90. The van der Waals surface area contributed by atoms with E-state index < -0.39 is 60.8 Å². The Labute approximate surface area is 133 Å². The van der Waals surface area contributed by atoms with Crippen LogP contribution in [0, 0.1) is 0 Å². The number of rotatable bonds is 8. The van der Waals surface area contributed by atoms with Gasteiger partial charge in [-0.25, -0.2) is 13.7 Å². The number of phosphoric ester groups is 3. The number of aliphatic hydroxyl groups is 2. The number of hydrogen-bond donors (Lipinski definition) is 8. The van der Waals surface area contributed by atoms with E-state index in [9.17, 15) is 18.8 Å². The summed E-state index contributed by atoms with van der Waals surface area (Å²) in [5.41, 5.74) is 0. The largest absolute Gasteiger partial charge is 0.470 e. The van der Waals surface area contributed by atoms with Gasteiger partial charge in [0.2, 0.25) is 5.79 Å². The van der Waals surface area contributed by atoms with E-state index in [1.807, 2.05) is 0 Å². The smallest absolute Gasteiger partial charge is 0.391 e. The summed E-state index contributed by atoms with van der Waals surface area (Å²) >= 11 is 0. The topological polar surface area (TPSA) is 250 Å². The van der Waals surface area contributed by atoms with Gasteiger partial charge in [-0.15, -0.1) is 0 Å². The maximum absolute atomic E-state index is 11.0. The SMILES string of the molecule is O=P(O)(O)OC[C@H]1O[C@](O)(CO)[C@@H](OP(=O)(O)O)[C@@H]1OP(=O)(O)O. The van der Waals surface area contributed by atoms with Crippen molar-refractivity contribution < 1.29 is 71.6 Å². The maximum atomic E-state index is 11.0. The van der Waals surface area contributed by atoms with Crippen LogP contribution in [-0.4, -0.2) is 76.9 Å². The van der Waals surface area contributed by atoms with Gasteiger partial charge < -0.3 is 44.3 Å². The van der Waals surface area contributed by atoms with Crippen LogP contribution in [0.5, 0.6) is 0 Å². The van der Waals surface area contributed by atoms with Crippen molar-refractivity contribution in [1.82, 2.24) is 0 Å². The van der Waals surface area contributed by atoms with E-state index in [0.29, 0.717) is 0 Å². The molecule has 4 atom stereocenters. The minimum absolute atomic E-state index is 1.13. The lowest BCUT2D eigenvalue weighted by Crippen LogP contribution is -2.47. The third-order valence-corrected chi connectivity index (χ3v) is 4.11. The molecule has 1 rings (SSSR count). The fourth-order valence-electron chi connectivity index (χ4n) is 1.85. The zero-order valence-corrected chi connectivity index (χ0v) is 14.1. The molecule has 0 spiro atoms. The molecule has 1 heterocycles. The standard InChI is InChI=1S/C6H15O15P3/c7-2-6(8)5(21-24(15,16)17)4(20-23(12,13)14)3(19-6)1-18-22(9,10)11/h3-5,7-8H,1-2H2,(H2,9,10,11)(H2,12,13,14)(H2,15,16,17)/t3-,4-,5+,6-/m1/s1. The normalized spacial score (nSPS) is 32.2. The second-order valence-corrected chi connectivity index (χ2v) is 8.15. The van der Waals surface area contributed by atoms with Gasteiger partial charge >= 0.3 is 23.5 Å². The molecule has 1 saturated heterocycles. The molecule has 0 amide bonds. The van der Waals surface area contributed by atoms with Gasteiger partial charge in [0.15, 0.2) is 6.10 Å². The highest BCUT2D eigenvalue weighted by Crippen LogP contribution is 2.50. The van der Waals surface area contributed by atoms with Crippen molar-refractivity contribution in [3.63, 3.8) is 0 Å². The molecule has 0 aromatic heterocycles. The number of ether oxygens (including phenoxy) is 1. The van der Waals surface area contributed by atoms with E-state index >= 15 is 0 Å². The Morgan fingerprint density at radius 1 is 0.917 bits per heavy atom. The van der Waals surface area contributed by atoms with Gasteiger partial charge in [-0.2, -0.15) is 0 Å². The Bertz CT molecular complexity index is 574. The molecule has 1 fully saturated rings. The molecule has 1 aliphatic rings. The summed E-state index contributed by atoms with van der Waals surface area (Å²) in [6.07, 6.45) is -6.37. The highest BCUT2D eigenvalue weighted by atomic mass is 31.2. The minimum atomic E-state index is -5.37. The summed E-state index contributed by atoms with van der Waals surface area (Å²) < 4.78 is 49.7. The van der Waals surface area contributed by atoms with Crippen molar-refractivity contribution in [3.8, 4) is 0 Å². The quantitative estimate of drug-likeness (QED) is 0.184. The van der Waals surface area contributed by atoms with Crippen LogP contribution >= 0.6 is 23.5 Å². The van der Waals surface area contributed by atoms with E-state index in [-0.39, 0.29) is 0 Å². The van der Waals surface area contributed by atoms with E-state index in [2.05, 4.69) is 13.6 Å². The number of phosphoric acid groups is 3. The Morgan fingerprint density at radius 3 is 1.79 bits per heavy atom. The van der Waals surface area contributed by atoms with Gasteiger partial charge in [-0.1, -0.05) is 0 Å². The zero-order valence-electron chi connectivity index (χ0n) is 11.4. The van der Waals surface area contributed by atoms with Gasteiger partial charge in [-0.3, -0.25) is 13.6 Å². The molecular formula is C6H15O15P3. The molecule has 0 saturated carbocycles. The van der Waals surface area contributed by atoms with Crippen LogP contribution in [-0.2, 0) is 32.0 Å². The van der Waals surface area contributed by atoms with Gasteiger partial charge in [-0.05, 0) is 0 Å². The monoisotopic (exact) mass is 420 g/mol. The lowest BCUT2D eigenvalue weighted by molar-refractivity contribution is -0.245. The molecule has 8 N–H and O–H groups in total. The highest BCUT2D eigenvalue weighted by molar-refractivity contribution is 7.46. The highest BCUT2D eigenvalue weighted by Gasteiger charge is 2.59. The van der Waals surface area contributed by atoms with Gasteiger partial charge in [0.05, 0.1) is 13.2 Å². The average molecular weight is 420 g/mol. The summed E-state index contributed by atoms with van der Waals surface area (Å²) in [6, 6.07) is 0. The molecule has 0 aromatic carbocycles. The lowest BCUT2D eigenvalue weighted by Gasteiger charge is -2.28. The first-order chi connectivity index (χ1) is 10.6. The molecule has 0 radical (unpaired) electrons. The van der Waals surface area contributed by atoms with Crippen molar-refractivity contribution in [2.45, 2.75) is 24.1 Å². The van der Waals surface area contributed by atoms with Crippen molar-refractivity contribution in [2.24, 2.45) is 0 Å². The van der Waals surface area contributed by atoms with Crippen molar-refractivity contribution in [2.75, 3.05) is 13.2 Å². The van der Waals surface area contributed by atoms with Crippen LogP contribution in [0.3, 0.4) is 0 Å². The summed E-state index contributed by atoms with van der Waals surface area (Å²) in [5, 5.41) is 19.1. The zero-order chi connectivity index (χ0) is 19.0. The van der Waals surface area contributed by atoms with E-state index in [4.69, 9.17) is 39.2 Å². The number of hydrogen-bond acceptors (Lipinski definition) is 9. The molecule has 18 heteroatoms. The summed E-state index contributed by atoms with van der Waals surface area (Å²) in [5.74, 6) is -2.91. The van der Waals surface area contributed by atoms with Crippen LogP contribution in [0.15, 0.2) is 0 Å². The van der Waals surface area contributed by atoms with Crippen LogP contribution in [0.2, 0.25) is 0 Å². The Morgan fingerprint density at radius 2 is 1.42 bits per heavy atom. The van der Waals surface area contributed by atoms with Crippen molar-refractivity contribution >= 4 is 23.5 Å². The molecule has 144 valence electrons. The third kappa shape index (κ3) is 6.84. The van der Waals surface area contributed by atoms with Crippen LogP contribution in [0.25, 0.3) is 0 Å². The van der Waals surface area contributed by atoms with Gasteiger partial charge in [0, 0.05) is 0 Å². The van der Waals surface area contributed by atoms with Crippen LogP contribution in [0.1, 0.15) is 0 Å². The van der Waals surface area contributed by atoms with Crippen molar-refractivity contribution in [3.05, 3.63) is 0 Å². The molecule has 0 unspecified atom stereocenters. The van der Waals surface area contributed by atoms with Gasteiger partial charge in [0.25, 0.3) is 0 Å². The molecular weight excluding hydrogens is 405 g/mol. The molecule has 24 heavy (non-hydrogen) atoms. The summed E-state index contributed by atoms with van der Waals surface area (Å²) in [4.78, 5) is 52.5. The number of aliphatic hydroxyl groups excluding tert-OH is 1. The summed E-state index contributed by atoms with van der Waals surface area (Å²) in [7, 11) is -15.8. The second-order valence-electron chi connectivity index (χ2n) is 4.52. The molecule has 0 aromatic rings. The molecule has 15 nitrogen and oxygen atoms in total. The molecule has 0 aliphatic carbocycles. The Hall–Kier alpha value is 0.210. The first-order valence-electron chi connectivity index (χ1n) is 5.75. The van der Waals surface area contributed by atoms with Crippen molar-refractivity contribution in [1.29, 1.82) is 0 Å². The van der Waals surface area contributed by atoms with E-state index in [0.717, 1.165) is 0 Å². The summed E-state index contributed by atoms with van der Waals surface area (Å²) in [6.45, 7) is -2.50. The fourth-order valence-corrected chi connectivity index (χ4v) is 3.33. The van der Waals surface area contributed by atoms with E-state index in [1.165, 1.54) is 0 Å². The Balaban J connectivity index is 3.15. The predicted molar refractivity (Wildman–Crippen MR) is 68.7 cm³/mol. The fraction of sp³-hybridized carbons (Fsp3) is 1.00.